The number of aromatic nitrogens is 2. The first-order valence-electron chi connectivity index (χ1n) is 6.84. The number of hydrogen-bond acceptors (Lipinski definition) is 3. The lowest BCUT2D eigenvalue weighted by molar-refractivity contribution is -0.137. The summed E-state index contributed by atoms with van der Waals surface area (Å²) in [5, 5.41) is 0.832. The van der Waals surface area contributed by atoms with Crippen molar-refractivity contribution in [3.05, 3.63) is 71.7 Å². The average Bonchev–Trinajstić information content (AvgIpc) is 2.54. The number of fused-ring (bicyclic) bond motifs is 1. The molecule has 0 N–H and O–H groups in total. The van der Waals surface area contributed by atoms with Crippen LogP contribution in [-0.4, -0.2) is 15.8 Å². The molecule has 0 amide bonds. The largest absolute Gasteiger partial charge is 0.417 e. The van der Waals surface area contributed by atoms with Crippen molar-refractivity contribution in [3.63, 3.8) is 0 Å². The van der Waals surface area contributed by atoms with Gasteiger partial charge < -0.3 is 0 Å². The summed E-state index contributed by atoms with van der Waals surface area (Å²) in [6.07, 6.45) is -2.18. The van der Waals surface area contributed by atoms with Gasteiger partial charge in [-0.2, -0.15) is 13.2 Å². The minimum Gasteiger partial charge on any atom is -0.294 e. The Kier molecular flexibility index (Phi) is 3.82. The lowest BCUT2D eigenvalue weighted by Gasteiger charge is -2.07. The van der Waals surface area contributed by atoms with Gasteiger partial charge in [-0.25, -0.2) is 0 Å². The molecular weight excluding hydrogens is 305 g/mol. The third-order valence-electron chi connectivity index (χ3n) is 3.43. The fourth-order valence-corrected chi connectivity index (χ4v) is 2.29. The zero-order valence-corrected chi connectivity index (χ0v) is 11.8. The van der Waals surface area contributed by atoms with E-state index in [1.807, 2.05) is 12.1 Å². The Morgan fingerprint density at radius 2 is 1.78 bits per heavy atom. The van der Waals surface area contributed by atoms with Gasteiger partial charge in [0, 0.05) is 29.0 Å². The number of benzene rings is 1. The van der Waals surface area contributed by atoms with Crippen molar-refractivity contribution >= 4 is 16.7 Å². The van der Waals surface area contributed by atoms with Gasteiger partial charge in [0.25, 0.3) is 0 Å². The summed E-state index contributed by atoms with van der Waals surface area (Å²) in [5.74, 6) is -0.235. The smallest absolute Gasteiger partial charge is 0.294 e. The van der Waals surface area contributed by atoms with Crippen LogP contribution in [0.4, 0.5) is 13.2 Å². The molecule has 0 unspecified atom stereocenters. The first kappa shape index (κ1) is 15.1. The van der Waals surface area contributed by atoms with Crippen LogP contribution in [0.3, 0.4) is 0 Å². The van der Waals surface area contributed by atoms with Crippen LogP contribution >= 0.6 is 0 Å². The predicted molar refractivity (Wildman–Crippen MR) is 79.0 cm³/mol. The number of halogens is 3. The van der Waals surface area contributed by atoms with Crippen molar-refractivity contribution in [1.29, 1.82) is 0 Å². The number of hydrogen-bond donors (Lipinski definition) is 0. The molecule has 2 aromatic heterocycles. The number of ketones is 1. The molecule has 3 rings (SSSR count). The van der Waals surface area contributed by atoms with Gasteiger partial charge in [-0.15, -0.1) is 0 Å². The highest BCUT2D eigenvalue weighted by Crippen LogP contribution is 2.28. The van der Waals surface area contributed by atoms with E-state index in [0.717, 1.165) is 17.6 Å². The van der Waals surface area contributed by atoms with E-state index >= 15 is 0 Å². The zero-order valence-electron chi connectivity index (χ0n) is 11.8. The quantitative estimate of drug-likeness (QED) is 0.684. The molecule has 0 bridgehead atoms. The summed E-state index contributed by atoms with van der Waals surface area (Å²) < 4.78 is 37.5. The molecule has 3 aromatic rings. The van der Waals surface area contributed by atoms with E-state index in [1.165, 1.54) is 6.07 Å². The summed E-state index contributed by atoms with van der Waals surface area (Å²) in [7, 11) is 0. The molecule has 23 heavy (non-hydrogen) atoms. The Morgan fingerprint density at radius 1 is 1.00 bits per heavy atom. The van der Waals surface area contributed by atoms with Crippen LogP contribution in [0.25, 0.3) is 10.9 Å². The molecular formula is C17H11F3N2O. The van der Waals surface area contributed by atoms with Crippen molar-refractivity contribution in [3.8, 4) is 0 Å². The average molecular weight is 316 g/mol. The number of pyridine rings is 2. The SMILES string of the molecule is O=C(Cc1ccc(C(F)(F)F)cn1)c1cccc2cccnc12. The van der Waals surface area contributed by atoms with E-state index in [2.05, 4.69) is 9.97 Å². The van der Waals surface area contributed by atoms with Crippen molar-refractivity contribution in [1.82, 2.24) is 9.97 Å². The lowest BCUT2D eigenvalue weighted by Crippen LogP contribution is -2.09. The standard InChI is InChI=1S/C17H11F3N2O/c18-17(19,20)12-6-7-13(22-10-12)9-15(23)14-5-1-3-11-4-2-8-21-16(11)14/h1-8,10H,9H2. The summed E-state index contributed by atoms with van der Waals surface area (Å²) in [6.45, 7) is 0. The molecule has 0 saturated heterocycles. The number of para-hydroxylation sites is 1. The van der Waals surface area contributed by atoms with Crippen LogP contribution in [-0.2, 0) is 12.6 Å². The molecule has 0 radical (unpaired) electrons. The number of nitrogens with zero attached hydrogens (tertiary/aromatic N) is 2. The Bertz CT molecular complexity index is 852. The first-order chi connectivity index (χ1) is 10.9. The van der Waals surface area contributed by atoms with Crippen LogP contribution in [0, 0.1) is 0 Å². The van der Waals surface area contributed by atoms with Crippen molar-refractivity contribution in [2.24, 2.45) is 0 Å². The Labute approximate surface area is 129 Å². The monoisotopic (exact) mass is 316 g/mol. The summed E-state index contributed by atoms with van der Waals surface area (Å²) in [4.78, 5) is 20.3. The molecule has 1 aromatic carbocycles. The maximum atomic E-state index is 12.5. The van der Waals surface area contributed by atoms with Gasteiger partial charge in [0.15, 0.2) is 5.78 Å². The highest BCUT2D eigenvalue weighted by atomic mass is 19.4. The summed E-state index contributed by atoms with van der Waals surface area (Å²) >= 11 is 0. The molecule has 0 saturated carbocycles. The first-order valence-corrected chi connectivity index (χ1v) is 6.84. The minimum atomic E-state index is -4.44. The topological polar surface area (TPSA) is 42.9 Å². The highest BCUT2D eigenvalue weighted by molar-refractivity contribution is 6.07. The second-order valence-corrected chi connectivity index (χ2v) is 5.02. The van der Waals surface area contributed by atoms with E-state index in [1.54, 1.807) is 24.4 Å². The second-order valence-electron chi connectivity index (χ2n) is 5.02. The molecule has 3 nitrogen and oxygen atoms in total. The number of Topliss-reactive ketones (excluding diaryl/α,β-unsaturated/α-hetero) is 1. The van der Waals surface area contributed by atoms with Gasteiger partial charge in [0.05, 0.1) is 17.5 Å². The maximum Gasteiger partial charge on any atom is 0.417 e. The van der Waals surface area contributed by atoms with Gasteiger partial charge in [0.1, 0.15) is 0 Å². The number of carbonyl (C=O) groups excluding carboxylic acids is 1. The lowest BCUT2D eigenvalue weighted by atomic mass is 10.0. The molecule has 0 spiro atoms. The zero-order chi connectivity index (χ0) is 16.4. The molecule has 0 aliphatic rings. The van der Waals surface area contributed by atoms with E-state index in [9.17, 15) is 18.0 Å². The van der Waals surface area contributed by atoms with Crippen molar-refractivity contribution in [2.75, 3.05) is 0 Å². The molecule has 0 aliphatic carbocycles. The van der Waals surface area contributed by atoms with Gasteiger partial charge in [-0.3, -0.25) is 14.8 Å². The normalized spacial score (nSPS) is 11.6. The molecule has 6 heteroatoms. The van der Waals surface area contributed by atoms with Gasteiger partial charge in [-0.05, 0) is 24.3 Å². The third-order valence-corrected chi connectivity index (χ3v) is 3.43. The molecule has 2 heterocycles. The van der Waals surface area contributed by atoms with Gasteiger partial charge >= 0.3 is 6.18 Å². The van der Waals surface area contributed by atoms with E-state index < -0.39 is 11.7 Å². The Hall–Kier alpha value is -2.76. The van der Waals surface area contributed by atoms with E-state index in [0.29, 0.717) is 11.1 Å². The fraction of sp³-hybridized carbons (Fsp3) is 0.118. The fourth-order valence-electron chi connectivity index (χ4n) is 2.29. The van der Waals surface area contributed by atoms with Crippen molar-refractivity contribution in [2.45, 2.75) is 12.6 Å². The Balaban J connectivity index is 1.86. The van der Waals surface area contributed by atoms with E-state index in [4.69, 9.17) is 0 Å². The number of alkyl halides is 3. The number of carbonyl (C=O) groups is 1. The van der Waals surface area contributed by atoms with Crippen LogP contribution in [0.15, 0.2) is 54.9 Å². The number of rotatable bonds is 3. The van der Waals surface area contributed by atoms with Gasteiger partial charge in [-0.1, -0.05) is 18.2 Å². The highest BCUT2D eigenvalue weighted by Gasteiger charge is 2.30. The van der Waals surface area contributed by atoms with Crippen LogP contribution < -0.4 is 0 Å². The molecule has 116 valence electrons. The summed E-state index contributed by atoms with van der Waals surface area (Å²) in [5.41, 5.74) is 0.466. The summed E-state index contributed by atoms with van der Waals surface area (Å²) in [6, 6.07) is 11.0. The molecule has 0 fully saturated rings. The van der Waals surface area contributed by atoms with Crippen LogP contribution in [0.2, 0.25) is 0 Å². The third kappa shape index (κ3) is 3.21. The maximum absolute atomic E-state index is 12.5. The second kappa shape index (κ2) is 5.79. The van der Waals surface area contributed by atoms with Crippen LogP contribution in [0.5, 0.6) is 0 Å². The van der Waals surface area contributed by atoms with Gasteiger partial charge in [0.2, 0.25) is 0 Å². The molecule has 0 atom stereocenters. The van der Waals surface area contributed by atoms with Crippen molar-refractivity contribution < 1.29 is 18.0 Å². The molecule has 0 aliphatic heterocycles. The van der Waals surface area contributed by atoms with Crippen LogP contribution in [0.1, 0.15) is 21.6 Å². The Morgan fingerprint density at radius 3 is 2.48 bits per heavy atom. The predicted octanol–water partition coefficient (Wildman–Crippen LogP) is 4.07. The van der Waals surface area contributed by atoms with E-state index in [-0.39, 0.29) is 17.9 Å². The minimum absolute atomic E-state index is 0.0756.